The Bertz CT molecular complexity index is 757. The fourth-order valence-electron chi connectivity index (χ4n) is 1.73. The molecule has 0 aliphatic carbocycles. The number of aryl methyl sites for hydroxylation is 3. The predicted octanol–water partition coefficient (Wildman–Crippen LogP) is 2.31. The van der Waals surface area contributed by atoms with Gasteiger partial charge in [0, 0.05) is 11.9 Å². The van der Waals surface area contributed by atoms with Crippen LogP contribution in [0.25, 0.3) is 0 Å². The maximum Gasteiger partial charge on any atom is 0.453 e. The monoisotopic (exact) mass is 340 g/mol. The first-order chi connectivity index (χ1) is 9.52. The molecular formula is C10H11F3N4O2S2. The van der Waals surface area contributed by atoms with E-state index in [1.165, 1.54) is 18.4 Å². The van der Waals surface area contributed by atoms with Crippen LogP contribution in [-0.4, -0.2) is 23.2 Å². The van der Waals surface area contributed by atoms with Crippen LogP contribution in [0.5, 0.6) is 0 Å². The van der Waals surface area contributed by atoms with E-state index < -0.39 is 28.0 Å². The fraction of sp³-hybridized carbons (Fsp3) is 0.400. The van der Waals surface area contributed by atoms with E-state index in [4.69, 9.17) is 0 Å². The summed E-state index contributed by atoms with van der Waals surface area (Å²) in [5.74, 6) is -1.89. The lowest BCUT2D eigenvalue weighted by Crippen LogP contribution is -2.17. The second kappa shape index (κ2) is 4.98. The van der Waals surface area contributed by atoms with E-state index in [2.05, 4.69) is 10.1 Å². The minimum absolute atomic E-state index is 0.0454. The third kappa shape index (κ3) is 3.02. The molecule has 21 heavy (non-hydrogen) atoms. The summed E-state index contributed by atoms with van der Waals surface area (Å²) in [6, 6.07) is 0. The topological polar surface area (TPSA) is 76.9 Å². The van der Waals surface area contributed by atoms with Gasteiger partial charge in [-0.1, -0.05) is 0 Å². The molecule has 11 heteroatoms. The van der Waals surface area contributed by atoms with Crippen molar-refractivity contribution in [3.8, 4) is 0 Å². The lowest BCUT2D eigenvalue weighted by molar-refractivity contribution is -0.144. The van der Waals surface area contributed by atoms with Gasteiger partial charge in [0.25, 0.3) is 15.8 Å². The Balaban J connectivity index is 2.41. The smallest absolute Gasteiger partial charge is 0.247 e. The largest absolute Gasteiger partial charge is 0.453 e. The average molecular weight is 340 g/mol. The lowest BCUT2D eigenvalue weighted by atomic mass is 10.3. The number of alkyl halides is 3. The van der Waals surface area contributed by atoms with Crippen LogP contribution in [0.2, 0.25) is 0 Å². The van der Waals surface area contributed by atoms with Gasteiger partial charge < -0.3 is 0 Å². The van der Waals surface area contributed by atoms with Gasteiger partial charge in [0.2, 0.25) is 5.95 Å². The number of nitrogens with zero attached hydrogens (tertiary/aromatic N) is 3. The maximum atomic E-state index is 12.5. The number of halogens is 3. The Morgan fingerprint density at radius 1 is 1.33 bits per heavy atom. The molecule has 2 rings (SSSR count). The summed E-state index contributed by atoms with van der Waals surface area (Å²) >= 11 is 1.24. The van der Waals surface area contributed by atoms with Crippen molar-refractivity contribution in [1.29, 1.82) is 0 Å². The summed E-state index contributed by atoms with van der Waals surface area (Å²) in [6.07, 6.45) is -4.74. The normalized spacial score (nSPS) is 12.7. The van der Waals surface area contributed by atoms with Gasteiger partial charge in [0.15, 0.2) is 0 Å². The number of hydrogen-bond acceptors (Lipinski definition) is 5. The van der Waals surface area contributed by atoms with Crippen LogP contribution in [-0.2, 0) is 23.2 Å². The van der Waals surface area contributed by atoms with Gasteiger partial charge in [-0.25, -0.2) is 17.8 Å². The van der Waals surface area contributed by atoms with E-state index in [0.717, 1.165) is 4.68 Å². The molecule has 2 aromatic heterocycles. The number of aromatic nitrogens is 3. The van der Waals surface area contributed by atoms with Gasteiger partial charge >= 0.3 is 6.18 Å². The van der Waals surface area contributed by atoms with E-state index >= 15 is 0 Å². The molecule has 1 N–H and O–H groups in total. The van der Waals surface area contributed by atoms with Gasteiger partial charge in [-0.15, -0.1) is 16.4 Å². The van der Waals surface area contributed by atoms with Gasteiger partial charge in [0.05, 0.1) is 0 Å². The Hall–Kier alpha value is -1.62. The summed E-state index contributed by atoms with van der Waals surface area (Å²) in [7, 11) is -2.84. The number of nitrogens with one attached hydrogen (secondary N) is 1. The molecule has 6 nitrogen and oxygen atoms in total. The first-order valence-corrected chi connectivity index (χ1v) is 7.94. The van der Waals surface area contributed by atoms with Crippen LogP contribution in [0.15, 0.2) is 10.3 Å². The Labute approximate surface area is 122 Å². The highest BCUT2D eigenvalue weighted by Crippen LogP contribution is 2.29. The predicted molar refractivity (Wildman–Crippen MR) is 70.6 cm³/mol. The molecule has 2 aromatic rings. The van der Waals surface area contributed by atoms with Crippen molar-refractivity contribution in [1.82, 2.24) is 14.8 Å². The van der Waals surface area contributed by atoms with Crippen molar-refractivity contribution in [2.45, 2.75) is 24.9 Å². The van der Waals surface area contributed by atoms with Crippen molar-refractivity contribution < 1.29 is 21.6 Å². The number of sulfonamides is 1. The zero-order valence-electron chi connectivity index (χ0n) is 11.2. The molecule has 0 unspecified atom stereocenters. The van der Waals surface area contributed by atoms with Gasteiger partial charge in [-0.05, 0) is 24.8 Å². The number of hydrogen-bond donors (Lipinski definition) is 1. The minimum Gasteiger partial charge on any atom is -0.247 e. The van der Waals surface area contributed by atoms with Gasteiger partial charge in [-0.2, -0.15) is 18.2 Å². The minimum atomic E-state index is -4.74. The quantitative estimate of drug-likeness (QED) is 0.930. The second-order valence-electron chi connectivity index (χ2n) is 4.29. The summed E-state index contributed by atoms with van der Waals surface area (Å²) in [5, 5.41) is 4.80. The van der Waals surface area contributed by atoms with Crippen molar-refractivity contribution in [2.75, 3.05) is 4.72 Å². The first-order valence-electron chi connectivity index (χ1n) is 5.58. The summed E-state index contributed by atoms with van der Waals surface area (Å²) < 4.78 is 64.8. The molecule has 0 aliphatic rings. The van der Waals surface area contributed by atoms with Crippen molar-refractivity contribution in [2.24, 2.45) is 7.05 Å². The maximum absolute atomic E-state index is 12.5. The zero-order valence-corrected chi connectivity index (χ0v) is 12.8. The second-order valence-corrected chi connectivity index (χ2v) is 6.99. The summed E-state index contributed by atoms with van der Waals surface area (Å²) in [6.45, 7) is 3.22. The molecule has 0 aromatic carbocycles. The Kier molecular flexibility index (Phi) is 3.74. The zero-order chi connectivity index (χ0) is 16.0. The van der Waals surface area contributed by atoms with Crippen LogP contribution in [0.4, 0.5) is 19.1 Å². The molecule has 0 saturated carbocycles. The molecule has 0 atom stereocenters. The van der Waals surface area contributed by atoms with Crippen molar-refractivity contribution in [3.63, 3.8) is 0 Å². The fourth-order valence-corrected chi connectivity index (χ4v) is 4.40. The molecule has 116 valence electrons. The van der Waals surface area contributed by atoms with Crippen LogP contribution in [0.1, 0.15) is 16.3 Å². The van der Waals surface area contributed by atoms with E-state index in [-0.39, 0.29) is 4.90 Å². The molecule has 0 fully saturated rings. The van der Waals surface area contributed by atoms with Gasteiger partial charge in [-0.3, -0.25) is 0 Å². The Morgan fingerprint density at radius 2 is 1.95 bits per heavy atom. The van der Waals surface area contributed by atoms with Crippen molar-refractivity contribution >= 4 is 27.3 Å². The van der Waals surface area contributed by atoms with Crippen LogP contribution in [0.3, 0.4) is 0 Å². The van der Waals surface area contributed by atoms with E-state index in [0.29, 0.717) is 10.4 Å². The van der Waals surface area contributed by atoms with Crippen LogP contribution >= 0.6 is 11.3 Å². The SMILES string of the molecule is Cc1csc(C)c1S(=O)(=O)Nc1nc(C(F)(F)F)nn1C. The summed E-state index contributed by atoms with van der Waals surface area (Å²) in [4.78, 5) is 3.76. The molecule has 0 saturated heterocycles. The van der Waals surface area contributed by atoms with Crippen LogP contribution < -0.4 is 4.72 Å². The number of anilines is 1. The molecule has 2 heterocycles. The molecule has 0 bridgehead atoms. The number of thiophene rings is 1. The van der Waals surface area contributed by atoms with E-state index in [1.54, 1.807) is 19.2 Å². The van der Waals surface area contributed by atoms with E-state index in [1.807, 2.05) is 4.72 Å². The first kappa shape index (κ1) is 15.8. The highest BCUT2D eigenvalue weighted by molar-refractivity contribution is 7.93. The average Bonchev–Trinajstić information content (AvgIpc) is 2.82. The molecule has 0 amide bonds. The third-order valence-electron chi connectivity index (χ3n) is 2.60. The standard InChI is InChI=1S/C10H11F3N4O2S2/c1-5-4-20-6(2)7(5)21(18,19)16-9-14-8(10(11,12)13)15-17(9)3/h4H,1-3H3,(H,14,15,16). The van der Waals surface area contributed by atoms with E-state index in [9.17, 15) is 21.6 Å². The van der Waals surface area contributed by atoms with Crippen molar-refractivity contribution in [3.05, 3.63) is 21.6 Å². The summed E-state index contributed by atoms with van der Waals surface area (Å²) in [5.41, 5.74) is 0.517. The molecular weight excluding hydrogens is 329 g/mol. The van der Waals surface area contributed by atoms with Crippen LogP contribution in [0, 0.1) is 13.8 Å². The Morgan fingerprint density at radius 3 is 2.38 bits per heavy atom. The highest BCUT2D eigenvalue weighted by Gasteiger charge is 2.37. The molecule has 0 spiro atoms. The number of rotatable bonds is 3. The molecule has 0 aliphatic heterocycles. The lowest BCUT2D eigenvalue weighted by Gasteiger charge is -2.07. The molecule has 0 radical (unpaired) electrons. The highest BCUT2D eigenvalue weighted by atomic mass is 32.2. The van der Waals surface area contributed by atoms with Gasteiger partial charge in [0.1, 0.15) is 4.90 Å². The third-order valence-corrected chi connectivity index (χ3v) is 5.38.